The van der Waals surface area contributed by atoms with Crippen LogP contribution in [0.5, 0.6) is 0 Å². The second-order valence-electron chi connectivity index (χ2n) is 6.94. The summed E-state index contributed by atoms with van der Waals surface area (Å²) in [5.41, 5.74) is 1.84. The Morgan fingerprint density at radius 1 is 1.13 bits per heavy atom. The standard InChI is InChI=1S/C23H21ClFN3O3/c1-2-20(16-6-4-3-5-7-16)27-23(29)17-9-11-21(22(13-17)28(30)31)26-14-15-8-10-19(25)18(24)12-15/h3-13,20,26H,2,14H2,1H3,(H,27,29)/t20-/m1/s1. The van der Waals surface area contributed by atoms with Crippen LogP contribution in [-0.2, 0) is 6.54 Å². The highest BCUT2D eigenvalue weighted by molar-refractivity contribution is 6.30. The lowest BCUT2D eigenvalue weighted by atomic mass is 10.0. The number of benzene rings is 3. The maximum atomic E-state index is 13.3. The van der Waals surface area contributed by atoms with Gasteiger partial charge in [-0.3, -0.25) is 14.9 Å². The zero-order chi connectivity index (χ0) is 22.4. The van der Waals surface area contributed by atoms with Crippen molar-refractivity contribution in [3.8, 4) is 0 Å². The summed E-state index contributed by atoms with van der Waals surface area (Å²) in [6.45, 7) is 2.16. The molecule has 2 N–H and O–H groups in total. The predicted molar refractivity (Wildman–Crippen MR) is 119 cm³/mol. The molecule has 0 aliphatic rings. The van der Waals surface area contributed by atoms with E-state index in [4.69, 9.17) is 11.6 Å². The molecule has 0 fully saturated rings. The van der Waals surface area contributed by atoms with Crippen molar-refractivity contribution in [1.29, 1.82) is 0 Å². The van der Waals surface area contributed by atoms with Crippen LogP contribution < -0.4 is 10.6 Å². The molecule has 0 aliphatic carbocycles. The van der Waals surface area contributed by atoms with E-state index in [0.29, 0.717) is 12.0 Å². The Balaban J connectivity index is 1.76. The molecule has 0 spiro atoms. The molecule has 1 amide bonds. The van der Waals surface area contributed by atoms with Gasteiger partial charge in [0, 0.05) is 18.2 Å². The van der Waals surface area contributed by atoms with Gasteiger partial charge in [0.05, 0.1) is 16.0 Å². The maximum Gasteiger partial charge on any atom is 0.293 e. The lowest BCUT2D eigenvalue weighted by Crippen LogP contribution is -2.28. The number of halogens is 2. The van der Waals surface area contributed by atoms with Gasteiger partial charge in [-0.1, -0.05) is 54.9 Å². The van der Waals surface area contributed by atoms with E-state index in [1.54, 1.807) is 0 Å². The molecule has 0 saturated carbocycles. The van der Waals surface area contributed by atoms with E-state index in [0.717, 1.165) is 5.56 Å². The number of nitro groups is 1. The average Bonchev–Trinajstić information content (AvgIpc) is 2.78. The van der Waals surface area contributed by atoms with Crippen LogP contribution in [0.2, 0.25) is 5.02 Å². The molecule has 31 heavy (non-hydrogen) atoms. The monoisotopic (exact) mass is 441 g/mol. The summed E-state index contributed by atoms with van der Waals surface area (Å²) in [7, 11) is 0. The van der Waals surface area contributed by atoms with Crippen LogP contribution in [0.25, 0.3) is 0 Å². The van der Waals surface area contributed by atoms with Gasteiger partial charge in [0.25, 0.3) is 11.6 Å². The highest BCUT2D eigenvalue weighted by atomic mass is 35.5. The lowest BCUT2D eigenvalue weighted by Gasteiger charge is -2.17. The number of nitrogens with zero attached hydrogens (tertiary/aromatic N) is 1. The van der Waals surface area contributed by atoms with E-state index in [9.17, 15) is 19.3 Å². The molecule has 0 aromatic heterocycles. The molecule has 8 heteroatoms. The lowest BCUT2D eigenvalue weighted by molar-refractivity contribution is -0.384. The third kappa shape index (κ3) is 5.58. The Morgan fingerprint density at radius 2 is 1.87 bits per heavy atom. The van der Waals surface area contributed by atoms with Crippen molar-refractivity contribution in [2.24, 2.45) is 0 Å². The summed E-state index contributed by atoms with van der Waals surface area (Å²) in [4.78, 5) is 23.7. The Hall–Kier alpha value is -3.45. The molecule has 0 heterocycles. The first kappa shape index (κ1) is 22.2. The Morgan fingerprint density at radius 3 is 2.52 bits per heavy atom. The minimum atomic E-state index is -0.550. The van der Waals surface area contributed by atoms with Crippen molar-refractivity contribution in [2.75, 3.05) is 5.32 Å². The minimum absolute atomic E-state index is 0.0234. The summed E-state index contributed by atoms with van der Waals surface area (Å²) >= 11 is 5.78. The molecule has 0 saturated heterocycles. The van der Waals surface area contributed by atoms with Gasteiger partial charge in [0.2, 0.25) is 0 Å². The molecule has 0 bridgehead atoms. The van der Waals surface area contributed by atoms with Crippen LogP contribution in [0.1, 0.15) is 40.9 Å². The van der Waals surface area contributed by atoms with E-state index in [1.807, 2.05) is 37.3 Å². The number of nitro benzene ring substituents is 1. The van der Waals surface area contributed by atoms with E-state index in [1.165, 1.54) is 36.4 Å². The van der Waals surface area contributed by atoms with Gasteiger partial charge in [-0.15, -0.1) is 0 Å². The normalized spacial score (nSPS) is 11.6. The molecule has 0 aliphatic heterocycles. The summed E-state index contributed by atoms with van der Waals surface area (Å²) in [6, 6.07) is 17.8. The fourth-order valence-corrected chi connectivity index (χ4v) is 3.37. The largest absolute Gasteiger partial charge is 0.375 e. The van der Waals surface area contributed by atoms with Gasteiger partial charge < -0.3 is 10.6 Å². The Kier molecular flexibility index (Phi) is 7.20. The van der Waals surface area contributed by atoms with E-state index >= 15 is 0 Å². The summed E-state index contributed by atoms with van der Waals surface area (Å²) in [5.74, 6) is -0.927. The molecule has 0 radical (unpaired) electrons. The third-order valence-electron chi connectivity index (χ3n) is 4.84. The number of anilines is 1. The molecular weight excluding hydrogens is 421 g/mol. The highest BCUT2D eigenvalue weighted by Gasteiger charge is 2.20. The van der Waals surface area contributed by atoms with Crippen LogP contribution in [0.4, 0.5) is 15.8 Å². The predicted octanol–water partition coefficient (Wildman–Crippen LogP) is 5.88. The Bertz CT molecular complexity index is 1090. The van der Waals surface area contributed by atoms with Crippen molar-refractivity contribution in [1.82, 2.24) is 5.32 Å². The first-order valence-corrected chi connectivity index (χ1v) is 10.1. The number of carbonyl (C=O) groups is 1. The molecule has 160 valence electrons. The van der Waals surface area contributed by atoms with Crippen LogP contribution in [-0.4, -0.2) is 10.8 Å². The molecule has 3 aromatic rings. The van der Waals surface area contributed by atoms with Gasteiger partial charge in [-0.25, -0.2) is 4.39 Å². The SMILES string of the molecule is CC[C@@H](NC(=O)c1ccc(NCc2ccc(F)c(Cl)c2)c([N+](=O)[O-])c1)c1ccccc1. The summed E-state index contributed by atoms with van der Waals surface area (Å²) < 4.78 is 13.3. The van der Waals surface area contributed by atoms with E-state index < -0.39 is 16.6 Å². The Labute approximate surface area is 184 Å². The number of hydrogen-bond donors (Lipinski definition) is 2. The van der Waals surface area contributed by atoms with E-state index in [-0.39, 0.29) is 34.5 Å². The van der Waals surface area contributed by atoms with Crippen molar-refractivity contribution < 1.29 is 14.1 Å². The zero-order valence-corrected chi connectivity index (χ0v) is 17.5. The first-order valence-electron chi connectivity index (χ1n) is 9.71. The van der Waals surface area contributed by atoms with Crippen LogP contribution in [0, 0.1) is 15.9 Å². The van der Waals surface area contributed by atoms with Crippen LogP contribution in [0.15, 0.2) is 66.7 Å². The second-order valence-corrected chi connectivity index (χ2v) is 7.34. The fourth-order valence-electron chi connectivity index (χ4n) is 3.17. The third-order valence-corrected chi connectivity index (χ3v) is 5.13. The van der Waals surface area contributed by atoms with Gasteiger partial charge in [-0.05, 0) is 41.8 Å². The average molecular weight is 442 g/mol. The van der Waals surface area contributed by atoms with Gasteiger partial charge in [0.1, 0.15) is 11.5 Å². The van der Waals surface area contributed by atoms with Gasteiger partial charge >= 0.3 is 0 Å². The summed E-state index contributed by atoms with van der Waals surface area (Å²) in [6.07, 6.45) is 0.678. The molecule has 1 atom stereocenters. The summed E-state index contributed by atoms with van der Waals surface area (Å²) in [5, 5.41) is 17.4. The number of carbonyl (C=O) groups excluding carboxylic acids is 1. The molecule has 0 unspecified atom stereocenters. The molecule has 6 nitrogen and oxygen atoms in total. The highest BCUT2D eigenvalue weighted by Crippen LogP contribution is 2.27. The molecule has 3 aromatic carbocycles. The van der Waals surface area contributed by atoms with Crippen molar-refractivity contribution in [3.63, 3.8) is 0 Å². The minimum Gasteiger partial charge on any atom is -0.375 e. The second kappa shape index (κ2) is 10.0. The molecule has 3 rings (SSSR count). The smallest absolute Gasteiger partial charge is 0.293 e. The quantitative estimate of drug-likeness (QED) is 0.337. The van der Waals surface area contributed by atoms with E-state index in [2.05, 4.69) is 10.6 Å². The van der Waals surface area contributed by atoms with Crippen molar-refractivity contribution in [2.45, 2.75) is 25.9 Å². The zero-order valence-electron chi connectivity index (χ0n) is 16.8. The number of amides is 1. The first-order chi connectivity index (χ1) is 14.9. The van der Waals surface area contributed by atoms with Crippen LogP contribution in [0.3, 0.4) is 0 Å². The molecular formula is C23H21ClFN3O3. The van der Waals surface area contributed by atoms with Crippen LogP contribution >= 0.6 is 11.6 Å². The van der Waals surface area contributed by atoms with Gasteiger partial charge in [0.15, 0.2) is 0 Å². The number of rotatable bonds is 8. The topological polar surface area (TPSA) is 84.3 Å². The number of nitrogens with one attached hydrogen (secondary N) is 2. The maximum absolute atomic E-state index is 13.3. The van der Waals surface area contributed by atoms with Crippen molar-refractivity contribution in [3.05, 3.63) is 104 Å². The fraction of sp³-hybridized carbons (Fsp3) is 0.174. The number of hydrogen-bond acceptors (Lipinski definition) is 4. The van der Waals surface area contributed by atoms with Gasteiger partial charge in [-0.2, -0.15) is 0 Å². The van der Waals surface area contributed by atoms with Crippen molar-refractivity contribution >= 4 is 28.9 Å².